The first-order chi connectivity index (χ1) is 14.8. The zero-order chi connectivity index (χ0) is 22.1. The molecule has 1 saturated heterocycles. The molecule has 4 N–H and O–H groups in total. The van der Waals surface area contributed by atoms with Gasteiger partial charge in [-0.1, -0.05) is 30.3 Å². The highest BCUT2D eigenvalue weighted by molar-refractivity contribution is 5.97. The summed E-state index contributed by atoms with van der Waals surface area (Å²) in [6.45, 7) is 7.11. The van der Waals surface area contributed by atoms with Crippen LogP contribution >= 0.6 is 0 Å². The number of morpholine rings is 1. The molecule has 166 valence electrons. The first kappa shape index (κ1) is 21.6. The Kier molecular flexibility index (Phi) is 5.90. The molecule has 1 fully saturated rings. The van der Waals surface area contributed by atoms with E-state index in [9.17, 15) is 9.59 Å². The van der Waals surface area contributed by atoms with Gasteiger partial charge in [0.05, 0.1) is 18.1 Å². The molecule has 31 heavy (non-hydrogen) atoms. The summed E-state index contributed by atoms with van der Waals surface area (Å²) in [5.74, 6) is -0.0768. The highest BCUT2D eigenvalue weighted by atomic mass is 16.5. The maximum absolute atomic E-state index is 13.0. The van der Waals surface area contributed by atoms with Crippen molar-refractivity contribution < 1.29 is 19.1 Å². The highest BCUT2D eigenvalue weighted by Gasteiger charge is 2.51. The lowest BCUT2D eigenvalue weighted by molar-refractivity contribution is -0.127. The molecule has 0 bridgehead atoms. The third kappa shape index (κ3) is 4.00. The third-order valence-electron chi connectivity index (χ3n) is 6.71. The molecule has 0 aromatic heterocycles. The van der Waals surface area contributed by atoms with Gasteiger partial charge in [0.2, 0.25) is 11.8 Å². The minimum absolute atomic E-state index is 0.101. The van der Waals surface area contributed by atoms with Gasteiger partial charge in [-0.2, -0.15) is 0 Å². The quantitative estimate of drug-likeness (QED) is 0.642. The Labute approximate surface area is 183 Å². The van der Waals surface area contributed by atoms with Gasteiger partial charge in [0.25, 0.3) is 0 Å². The van der Waals surface area contributed by atoms with E-state index >= 15 is 0 Å². The molecule has 0 radical (unpaired) electrons. The zero-order valence-electron chi connectivity index (χ0n) is 18.2. The highest BCUT2D eigenvalue weighted by Crippen LogP contribution is 2.51. The average molecular weight is 426 g/mol. The second-order valence-electron chi connectivity index (χ2n) is 9.01. The van der Waals surface area contributed by atoms with Crippen LogP contribution < -0.4 is 16.4 Å². The number of amides is 2. The Morgan fingerprint density at radius 2 is 2.03 bits per heavy atom. The number of allylic oxidation sites excluding steroid dienone is 1. The smallest absolute Gasteiger partial charge is 0.247 e. The van der Waals surface area contributed by atoms with Gasteiger partial charge in [-0.3, -0.25) is 9.59 Å². The van der Waals surface area contributed by atoms with Crippen molar-refractivity contribution in [2.24, 2.45) is 11.1 Å². The maximum atomic E-state index is 13.0. The second kappa shape index (κ2) is 8.48. The average Bonchev–Trinajstić information content (AvgIpc) is 3.13. The lowest BCUT2D eigenvalue weighted by Gasteiger charge is -2.33. The number of ether oxygens (including phenoxy) is 2. The van der Waals surface area contributed by atoms with Crippen molar-refractivity contribution in [2.75, 3.05) is 32.8 Å². The summed E-state index contributed by atoms with van der Waals surface area (Å²) < 4.78 is 11.8. The number of nitrogens with two attached hydrogens (primary N) is 1. The largest absolute Gasteiger partial charge is 0.495 e. The van der Waals surface area contributed by atoms with Crippen LogP contribution in [-0.2, 0) is 24.5 Å². The van der Waals surface area contributed by atoms with Gasteiger partial charge < -0.3 is 25.8 Å². The predicted octanol–water partition coefficient (Wildman–Crippen LogP) is 1.55. The summed E-state index contributed by atoms with van der Waals surface area (Å²) in [6, 6.07) is 10.0. The first-order valence-corrected chi connectivity index (χ1v) is 10.9. The van der Waals surface area contributed by atoms with E-state index in [1.165, 1.54) is 0 Å². The van der Waals surface area contributed by atoms with Crippen LogP contribution in [0.2, 0.25) is 0 Å². The molecule has 1 aromatic rings. The van der Waals surface area contributed by atoms with Crippen LogP contribution in [0, 0.1) is 5.41 Å². The molecule has 2 heterocycles. The second-order valence-corrected chi connectivity index (χ2v) is 9.01. The molecule has 7 nitrogen and oxygen atoms in total. The molecule has 3 atom stereocenters. The van der Waals surface area contributed by atoms with Crippen LogP contribution in [0.5, 0.6) is 0 Å². The van der Waals surface area contributed by atoms with Crippen LogP contribution in [0.25, 0.3) is 0 Å². The molecule has 1 aliphatic carbocycles. The number of carbonyl (C=O) groups is 2. The molecule has 4 rings (SSSR count). The van der Waals surface area contributed by atoms with E-state index in [0.717, 1.165) is 30.6 Å². The lowest BCUT2D eigenvalue weighted by atomic mass is 9.68. The number of carbonyl (C=O) groups excluding carboxylic acids is 2. The minimum atomic E-state index is -1.06. The Morgan fingerprint density at radius 3 is 2.71 bits per heavy atom. The summed E-state index contributed by atoms with van der Waals surface area (Å²) in [5, 5.41) is 6.28. The molecular formula is C24H31N3O4. The SMILES string of the molecule is CC1(C(N)=O)CC(C(=O)NCC[C@H]2CNCCO2)=CC2=C1OCC2(C)c1ccccc1. The molecule has 2 unspecified atom stereocenters. The van der Waals surface area contributed by atoms with Crippen LogP contribution in [0.4, 0.5) is 0 Å². The van der Waals surface area contributed by atoms with Gasteiger partial charge in [0, 0.05) is 30.8 Å². The summed E-state index contributed by atoms with van der Waals surface area (Å²) >= 11 is 0. The molecular weight excluding hydrogens is 394 g/mol. The fourth-order valence-electron chi connectivity index (χ4n) is 4.65. The third-order valence-corrected chi connectivity index (χ3v) is 6.71. The Morgan fingerprint density at radius 1 is 1.26 bits per heavy atom. The van der Waals surface area contributed by atoms with Gasteiger partial charge in [0.1, 0.15) is 17.8 Å². The minimum Gasteiger partial charge on any atom is -0.495 e. The molecule has 2 aliphatic heterocycles. The first-order valence-electron chi connectivity index (χ1n) is 10.9. The van der Waals surface area contributed by atoms with Crippen molar-refractivity contribution >= 4 is 11.8 Å². The molecule has 0 spiro atoms. The monoisotopic (exact) mass is 425 g/mol. The van der Waals surface area contributed by atoms with Gasteiger partial charge in [-0.25, -0.2) is 0 Å². The number of nitrogens with one attached hydrogen (secondary N) is 2. The fraction of sp³-hybridized carbons (Fsp3) is 0.500. The Balaban J connectivity index is 1.58. The van der Waals surface area contributed by atoms with Crippen LogP contribution in [0.1, 0.15) is 32.3 Å². The van der Waals surface area contributed by atoms with Crippen molar-refractivity contribution in [1.82, 2.24) is 10.6 Å². The van der Waals surface area contributed by atoms with Crippen molar-refractivity contribution in [3.8, 4) is 0 Å². The maximum Gasteiger partial charge on any atom is 0.247 e. The molecule has 1 aromatic carbocycles. The fourth-order valence-corrected chi connectivity index (χ4v) is 4.65. The topological polar surface area (TPSA) is 103 Å². The van der Waals surface area contributed by atoms with Crippen LogP contribution in [-0.4, -0.2) is 50.8 Å². The van der Waals surface area contributed by atoms with E-state index < -0.39 is 16.7 Å². The van der Waals surface area contributed by atoms with E-state index in [-0.39, 0.29) is 18.4 Å². The van der Waals surface area contributed by atoms with E-state index in [2.05, 4.69) is 17.6 Å². The van der Waals surface area contributed by atoms with Crippen LogP contribution in [0.15, 0.2) is 53.3 Å². The molecule has 0 saturated carbocycles. The van der Waals surface area contributed by atoms with Crippen molar-refractivity contribution in [2.45, 2.75) is 38.2 Å². The summed E-state index contributed by atoms with van der Waals surface area (Å²) in [6.07, 6.45) is 2.95. The van der Waals surface area contributed by atoms with E-state index in [0.29, 0.717) is 31.1 Å². The number of hydrogen-bond acceptors (Lipinski definition) is 5. The van der Waals surface area contributed by atoms with Crippen molar-refractivity contribution in [1.29, 1.82) is 0 Å². The Hall–Kier alpha value is -2.64. The normalized spacial score (nSPS) is 30.3. The lowest BCUT2D eigenvalue weighted by Crippen LogP contribution is -2.42. The van der Waals surface area contributed by atoms with Crippen molar-refractivity contribution in [3.63, 3.8) is 0 Å². The van der Waals surface area contributed by atoms with Gasteiger partial charge >= 0.3 is 0 Å². The molecule has 3 aliphatic rings. The molecule has 7 heteroatoms. The van der Waals surface area contributed by atoms with Gasteiger partial charge in [0.15, 0.2) is 0 Å². The standard InChI is InChI=1S/C24H31N3O4/c1-23(22(25)29)13-16(21(28)27-9-8-18-14-26-10-11-30-18)12-19-20(23)31-15-24(19,2)17-6-4-3-5-7-17/h3-7,12,18,26H,8-11,13-15H2,1-2H3,(H2,25,29)(H,27,28)/t18-,23?,24?/m0/s1. The number of benzene rings is 1. The molecule has 2 amide bonds. The van der Waals surface area contributed by atoms with E-state index in [1.54, 1.807) is 6.92 Å². The number of hydrogen-bond donors (Lipinski definition) is 3. The van der Waals surface area contributed by atoms with E-state index in [1.807, 2.05) is 36.4 Å². The van der Waals surface area contributed by atoms with Gasteiger partial charge in [-0.05, 0) is 38.3 Å². The zero-order valence-corrected chi connectivity index (χ0v) is 18.2. The van der Waals surface area contributed by atoms with E-state index in [4.69, 9.17) is 15.2 Å². The van der Waals surface area contributed by atoms with Crippen LogP contribution in [0.3, 0.4) is 0 Å². The Bertz CT molecular complexity index is 920. The summed E-state index contributed by atoms with van der Waals surface area (Å²) in [5.41, 5.74) is 6.78. The van der Waals surface area contributed by atoms with Crippen molar-refractivity contribution in [3.05, 3.63) is 58.9 Å². The van der Waals surface area contributed by atoms with Gasteiger partial charge in [-0.15, -0.1) is 0 Å². The summed E-state index contributed by atoms with van der Waals surface area (Å²) in [4.78, 5) is 25.5. The predicted molar refractivity (Wildman–Crippen MR) is 117 cm³/mol. The summed E-state index contributed by atoms with van der Waals surface area (Å²) in [7, 11) is 0. The number of primary amides is 1. The number of rotatable bonds is 6.